The predicted octanol–water partition coefficient (Wildman–Crippen LogP) is 8.19. The standard InChI is InChI=1S/C33H50NOPS/c1-22(34(5)37(35)31(2,3)4)29-8-6-7-9-30(29)36(32-16-23-10-24(17-32)12-25(11-23)18-32)33-19-26-13-27(20-33)15-28(14-26)21-33/h6-9,22-28H,10-21H2,1-5H3/t22-,23?,24?,25?,26?,27?,28?,32?,33?,36?,37?/m0/s1. The second-order valence-electron chi connectivity index (χ2n) is 15.8. The highest BCUT2D eigenvalue weighted by atomic mass is 32.2. The van der Waals surface area contributed by atoms with Crippen LogP contribution < -0.4 is 5.30 Å². The molecular weight excluding hydrogens is 489 g/mol. The van der Waals surface area contributed by atoms with Gasteiger partial charge in [0.15, 0.2) is 0 Å². The highest BCUT2D eigenvalue weighted by Gasteiger charge is 2.63. The Morgan fingerprint density at radius 3 is 1.54 bits per heavy atom. The lowest BCUT2D eigenvalue weighted by Gasteiger charge is -2.67. The first-order valence-corrected chi connectivity index (χ1v) is 18.0. The summed E-state index contributed by atoms with van der Waals surface area (Å²) in [6, 6.07) is 9.85. The Morgan fingerprint density at radius 2 is 1.16 bits per heavy atom. The van der Waals surface area contributed by atoms with Crippen LogP contribution >= 0.6 is 7.92 Å². The van der Waals surface area contributed by atoms with Gasteiger partial charge in [-0.25, -0.2) is 8.51 Å². The van der Waals surface area contributed by atoms with E-state index in [1.54, 1.807) is 5.30 Å². The topological polar surface area (TPSA) is 20.3 Å². The molecule has 0 spiro atoms. The molecule has 1 unspecified atom stereocenters. The summed E-state index contributed by atoms with van der Waals surface area (Å²) in [5.74, 6) is 6.03. The molecule has 0 radical (unpaired) electrons. The van der Waals surface area contributed by atoms with E-state index in [1.807, 2.05) is 0 Å². The fourth-order valence-corrected chi connectivity index (χ4v) is 18.2. The molecule has 8 aliphatic rings. The Bertz CT molecular complexity index is 960. The van der Waals surface area contributed by atoms with Gasteiger partial charge in [-0.15, -0.1) is 0 Å². The van der Waals surface area contributed by atoms with Crippen LogP contribution in [0.2, 0.25) is 0 Å². The van der Waals surface area contributed by atoms with E-state index in [4.69, 9.17) is 0 Å². The monoisotopic (exact) mass is 539 g/mol. The molecule has 0 N–H and O–H groups in total. The molecule has 2 atom stereocenters. The van der Waals surface area contributed by atoms with Crippen molar-refractivity contribution in [3.8, 4) is 0 Å². The predicted molar refractivity (Wildman–Crippen MR) is 159 cm³/mol. The molecule has 1 aromatic carbocycles. The minimum Gasteiger partial charge on any atom is -0.242 e. The Labute approximate surface area is 230 Å². The number of nitrogens with zero attached hydrogens (tertiary/aromatic N) is 1. The first kappa shape index (κ1) is 25.7. The van der Waals surface area contributed by atoms with E-state index in [-0.39, 0.29) is 18.7 Å². The van der Waals surface area contributed by atoms with E-state index in [0.29, 0.717) is 10.3 Å². The van der Waals surface area contributed by atoms with Crippen LogP contribution in [0.25, 0.3) is 0 Å². The van der Waals surface area contributed by atoms with E-state index in [1.165, 1.54) is 82.6 Å². The minimum absolute atomic E-state index is 0.184. The van der Waals surface area contributed by atoms with Gasteiger partial charge < -0.3 is 0 Å². The molecule has 8 saturated carbocycles. The first-order chi connectivity index (χ1) is 17.6. The molecule has 4 heteroatoms. The first-order valence-electron chi connectivity index (χ1n) is 15.6. The van der Waals surface area contributed by atoms with Gasteiger partial charge in [0.25, 0.3) is 0 Å². The van der Waals surface area contributed by atoms with Crippen LogP contribution in [0, 0.1) is 35.5 Å². The zero-order valence-corrected chi connectivity index (χ0v) is 25.8. The molecule has 1 aromatic rings. The van der Waals surface area contributed by atoms with Crippen molar-refractivity contribution >= 4 is 24.2 Å². The second kappa shape index (κ2) is 8.88. The van der Waals surface area contributed by atoms with Gasteiger partial charge >= 0.3 is 0 Å². The van der Waals surface area contributed by atoms with Crippen molar-refractivity contribution in [2.24, 2.45) is 35.5 Å². The highest BCUT2D eigenvalue weighted by Crippen LogP contribution is 2.78. The Hall–Kier alpha value is -0.240. The molecule has 37 heavy (non-hydrogen) atoms. The van der Waals surface area contributed by atoms with Gasteiger partial charge in [0.05, 0.1) is 15.7 Å². The van der Waals surface area contributed by atoms with E-state index in [2.05, 4.69) is 63.3 Å². The number of hydrogen-bond acceptors (Lipinski definition) is 1. The summed E-state index contributed by atoms with van der Waals surface area (Å²) in [4.78, 5) is 0. The van der Waals surface area contributed by atoms with Crippen LogP contribution in [0.15, 0.2) is 24.3 Å². The average Bonchev–Trinajstić information content (AvgIpc) is 2.80. The van der Waals surface area contributed by atoms with Crippen LogP contribution in [0.5, 0.6) is 0 Å². The number of rotatable bonds is 6. The van der Waals surface area contributed by atoms with E-state index >= 15 is 0 Å². The fourth-order valence-electron chi connectivity index (χ4n) is 11.5. The maximum absolute atomic E-state index is 13.5. The third kappa shape index (κ3) is 4.18. The van der Waals surface area contributed by atoms with Crippen molar-refractivity contribution in [3.05, 3.63) is 29.8 Å². The van der Waals surface area contributed by atoms with Crippen molar-refractivity contribution < 1.29 is 4.21 Å². The zero-order valence-electron chi connectivity index (χ0n) is 24.0. The third-order valence-corrected chi connectivity index (χ3v) is 17.7. The van der Waals surface area contributed by atoms with Crippen molar-refractivity contribution in [1.29, 1.82) is 0 Å². The summed E-state index contributed by atoms with van der Waals surface area (Å²) in [6.07, 6.45) is 18.4. The summed E-state index contributed by atoms with van der Waals surface area (Å²) in [6.45, 7) is 8.71. The van der Waals surface area contributed by atoms with Crippen LogP contribution in [-0.4, -0.2) is 30.6 Å². The zero-order chi connectivity index (χ0) is 25.7. The average molecular weight is 540 g/mol. The lowest BCUT2D eigenvalue weighted by molar-refractivity contribution is 0.0195. The largest absolute Gasteiger partial charge is 0.242 e. The molecule has 2 nitrogen and oxygen atoms in total. The Kier molecular flexibility index (Phi) is 6.17. The quantitative estimate of drug-likeness (QED) is 0.334. The molecule has 0 aromatic heterocycles. The molecule has 9 rings (SSSR count). The van der Waals surface area contributed by atoms with Crippen LogP contribution in [0.1, 0.15) is 116 Å². The van der Waals surface area contributed by atoms with Crippen molar-refractivity contribution in [1.82, 2.24) is 4.31 Å². The normalized spacial score (nSPS) is 44.4. The maximum Gasteiger partial charge on any atom is 0.1000 e. The Morgan fingerprint density at radius 1 is 0.784 bits per heavy atom. The van der Waals surface area contributed by atoms with Crippen molar-refractivity contribution in [3.63, 3.8) is 0 Å². The van der Waals surface area contributed by atoms with Gasteiger partial charge in [0, 0.05) is 13.1 Å². The van der Waals surface area contributed by atoms with E-state index < -0.39 is 11.0 Å². The summed E-state index contributed by atoms with van der Waals surface area (Å²) in [5, 5.41) is 2.90. The smallest absolute Gasteiger partial charge is 0.1000 e. The molecular formula is C33H50NOPS. The molecule has 8 aliphatic carbocycles. The second-order valence-corrected chi connectivity index (χ2v) is 21.1. The van der Waals surface area contributed by atoms with Gasteiger partial charge in [0.1, 0.15) is 0 Å². The molecule has 0 heterocycles. The third-order valence-electron chi connectivity index (χ3n) is 11.9. The van der Waals surface area contributed by atoms with Crippen LogP contribution in [0.4, 0.5) is 0 Å². The molecule has 204 valence electrons. The van der Waals surface area contributed by atoms with Crippen molar-refractivity contribution in [2.75, 3.05) is 7.05 Å². The number of benzene rings is 1. The lowest BCUT2D eigenvalue weighted by Crippen LogP contribution is -2.58. The van der Waals surface area contributed by atoms with Gasteiger partial charge in [-0.1, -0.05) is 32.2 Å². The van der Waals surface area contributed by atoms with Gasteiger partial charge in [-0.05, 0) is 161 Å². The summed E-state index contributed by atoms with van der Waals surface area (Å²) < 4.78 is 15.5. The molecule has 8 bridgehead atoms. The summed E-state index contributed by atoms with van der Waals surface area (Å²) in [5.41, 5.74) is 1.51. The molecule has 8 fully saturated rings. The van der Waals surface area contributed by atoms with E-state index in [9.17, 15) is 4.21 Å². The molecule has 0 amide bonds. The highest BCUT2D eigenvalue weighted by molar-refractivity contribution is 7.84. The van der Waals surface area contributed by atoms with E-state index in [0.717, 1.165) is 35.5 Å². The van der Waals surface area contributed by atoms with Crippen LogP contribution in [0.3, 0.4) is 0 Å². The lowest BCUT2D eigenvalue weighted by atomic mass is 9.55. The van der Waals surface area contributed by atoms with Crippen LogP contribution in [-0.2, 0) is 11.0 Å². The van der Waals surface area contributed by atoms with Gasteiger partial charge in [-0.3, -0.25) is 0 Å². The SMILES string of the molecule is C[C@@H](c1ccccc1P(C12CC3CC(CC(C3)C1)C2)C12CC3CC(CC(C3)C1)C2)N(C)S(=O)C(C)(C)C. The number of hydrogen-bond donors (Lipinski definition) is 0. The van der Waals surface area contributed by atoms with Crippen molar-refractivity contribution in [2.45, 2.75) is 126 Å². The summed E-state index contributed by atoms with van der Waals surface area (Å²) >= 11 is 0. The maximum atomic E-state index is 13.5. The molecule has 0 aliphatic heterocycles. The fraction of sp³-hybridized carbons (Fsp3) is 0.818. The minimum atomic E-state index is -1.01. The summed E-state index contributed by atoms with van der Waals surface area (Å²) in [7, 11) is 0.843. The Balaban J connectivity index is 1.35. The molecule has 0 saturated heterocycles. The van der Waals surface area contributed by atoms with Gasteiger partial charge in [-0.2, -0.15) is 0 Å². The van der Waals surface area contributed by atoms with Gasteiger partial charge in [0.2, 0.25) is 0 Å².